The van der Waals surface area contributed by atoms with E-state index in [0.29, 0.717) is 30.1 Å². The summed E-state index contributed by atoms with van der Waals surface area (Å²) in [6, 6.07) is 40.7. The highest BCUT2D eigenvalue weighted by Crippen LogP contribution is 2.36. The van der Waals surface area contributed by atoms with Crippen molar-refractivity contribution in [3.63, 3.8) is 0 Å². The molecule has 270 valence electrons. The standard InChI is InChI=1S/C26H22BrNO3.C18H17BrO3/c1-17-8-11-21(15-22(17)26(29)30)28-18(2)9-12-24(28)23-14-20(27)10-13-25(23)31-16-19-6-4-3-5-7-19;1-13(20)7-9-17(21)16-11-15(19)8-10-18(16)22-12-14-5-3-2-4-6-14/h3-15H,16H2,1-2H3,(H,29,30);2-6,8,10-11H,7,9,12H2,1H3. The van der Waals surface area contributed by atoms with Gasteiger partial charge in [0.05, 0.1) is 16.8 Å². The van der Waals surface area contributed by atoms with Gasteiger partial charge in [-0.15, -0.1) is 0 Å². The summed E-state index contributed by atoms with van der Waals surface area (Å²) in [7, 11) is 0. The molecule has 7 nitrogen and oxygen atoms in total. The van der Waals surface area contributed by atoms with Crippen molar-refractivity contribution in [2.24, 2.45) is 0 Å². The predicted molar refractivity (Wildman–Crippen MR) is 215 cm³/mol. The van der Waals surface area contributed by atoms with Crippen LogP contribution in [0.2, 0.25) is 0 Å². The third-order valence-corrected chi connectivity index (χ3v) is 9.41. The van der Waals surface area contributed by atoms with Crippen LogP contribution in [-0.2, 0) is 18.0 Å². The van der Waals surface area contributed by atoms with Gasteiger partial charge in [-0.2, -0.15) is 0 Å². The van der Waals surface area contributed by atoms with Gasteiger partial charge in [-0.05, 0) is 98.1 Å². The maximum Gasteiger partial charge on any atom is 0.336 e. The Balaban J connectivity index is 0.000000217. The molecule has 0 aliphatic heterocycles. The summed E-state index contributed by atoms with van der Waals surface area (Å²) in [5.74, 6) is 0.298. The second-order valence-corrected chi connectivity index (χ2v) is 14.3. The number of aromatic nitrogens is 1. The quantitative estimate of drug-likeness (QED) is 0.116. The van der Waals surface area contributed by atoms with Gasteiger partial charge in [0.15, 0.2) is 5.78 Å². The molecular formula is C44H39Br2NO6. The fourth-order valence-corrected chi connectivity index (χ4v) is 6.36. The molecule has 0 atom stereocenters. The van der Waals surface area contributed by atoms with Crippen molar-refractivity contribution in [1.82, 2.24) is 4.57 Å². The number of aryl methyl sites for hydroxylation is 2. The maximum absolute atomic E-state index is 12.3. The summed E-state index contributed by atoms with van der Waals surface area (Å²) in [5, 5.41) is 9.57. The minimum atomic E-state index is -0.931. The topological polar surface area (TPSA) is 94.8 Å². The Hall–Kier alpha value is -5.25. The minimum Gasteiger partial charge on any atom is -0.488 e. The van der Waals surface area contributed by atoms with Crippen LogP contribution in [0.25, 0.3) is 16.9 Å². The molecule has 0 aliphatic rings. The van der Waals surface area contributed by atoms with Crippen LogP contribution < -0.4 is 9.47 Å². The van der Waals surface area contributed by atoms with Crippen LogP contribution in [-0.4, -0.2) is 27.2 Å². The van der Waals surface area contributed by atoms with E-state index in [-0.39, 0.29) is 24.4 Å². The Labute approximate surface area is 326 Å². The molecule has 0 saturated heterocycles. The number of ether oxygens (including phenoxy) is 2. The number of carboxylic acid groups (broad SMARTS) is 1. The number of carbonyl (C=O) groups is 3. The van der Waals surface area contributed by atoms with Crippen LogP contribution in [0.15, 0.2) is 136 Å². The van der Waals surface area contributed by atoms with E-state index in [9.17, 15) is 19.5 Å². The van der Waals surface area contributed by atoms with Crippen molar-refractivity contribution in [3.05, 3.63) is 170 Å². The number of ketones is 2. The maximum atomic E-state index is 12.3. The van der Waals surface area contributed by atoms with Crippen LogP contribution >= 0.6 is 31.9 Å². The van der Waals surface area contributed by atoms with Crippen molar-refractivity contribution in [3.8, 4) is 28.4 Å². The van der Waals surface area contributed by atoms with Gasteiger partial charge >= 0.3 is 5.97 Å². The average Bonchev–Trinajstić information content (AvgIpc) is 3.54. The summed E-state index contributed by atoms with van der Waals surface area (Å²) >= 11 is 6.94. The van der Waals surface area contributed by atoms with Gasteiger partial charge in [-0.3, -0.25) is 4.79 Å². The van der Waals surface area contributed by atoms with Crippen molar-refractivity contribution in [2.75, 3.05) is 0 Å². The number of halogens is 2. The zero-order valence-corrected chi connectivity index (χ0v) is 32.8. The number of carboxylic acids is 1. The molecule has 0 bridgehead atoms. The lowest BCUT2D eigenvalue weighted by atomic mass is 10.0. The van der Waals surface area contributed by atoms with Crippen molar-refractivity contribution < 1.29 is 29.0 Å². The minimum absolute atomic E-state index is 0.00935. The number of hydrogen-bond donors (Lipinski definition) is 1. The number of hydrogen-bond acceptors (Lipinski definition) is 5. The van der Waals surface area contributed by atoms with E-state index >= 15 is 0 Å². The summed E-state index contributed by atoms with van der Waals surface area (Å²) < 4.78 is 15.8. The van der Waals surface area contributed by atoms with Crippen molar-refractivity contribution in [2.45, 2.75) is 46.8 Å². The Morgan fingerprint density at radius 2 is 1.23 bits per heavy atom. The lowest BCUT2D eigenvalue weighted by Gasteiger charge is -2.17. The van der Waals surface area contributed by atoms with Crippen molar-refractivity contribution >= 4 is 49.4 Å². The fourth-order valence-electron chi connectivity index (χ4n) is 5.64. The molecule has 0 amide bonds. The van der Waals surface area contributed by atoms with E-state index in [1.54, 1.807) is 25.1 Å². The molecule has 53 heavy (non-hydrogen) atoms. The molecular weight excluding hydrogens is 798 g/mol. The summed E-state index contributed by atoms with van der Waals surface area (Å²) in [6.45, 7) is 6.16. The number of nitrogens with zero attached hydrogens (tertiary/aromatic N) is 1. The molecule has 6 rings (SSSR count). The molecule has 1 heterocycles. The Morgan fingerprint density at radius 1 is 0.642 bits per heavy atom. The third kappa shape index (κ3) is 10.7. The zero-order valence-electron chi connectivity index (χ0n) is 29.6. The van der Waals surface area contributed by atoms with E-state index in [0.717, 1.165) is 54.0 Å². The molecule has 0 radical (unpaired) electrons. The first-order valence-corrected chi connectivity index (χ1v) is 18.6. The van der Waals surface area contributed by atoms with Crippen LogP contribution in [0.4, 0.5) is 0 Å². The summed E-state index contributed by atoms with van der Waals surface area (Å²) in [6.07, 6.45) is 0.455. The fraction of sp³-hybridized carbons (Fsp3) is 0.159. The van der Waals surface area contributed by atoms with E-state index in [1.807, 2.05) is 116 Å². The highest BCUT2D eigenvalue weighted by Gasteiger charge is 2.18. The first-order chi connectivity index (χ1) is 25.5. The number of benzene rings is 5. The van der Waals surface area contributed by atoms with E-state index in [2.05, 4.69) is 36.4 Å². The largest absolute Gasteiger partial charge is 0.488 e. The van der Waals surface area contributed by atoms with E-state index in [4.69, 9.17) is 9.47 Å². The summed E-state index contributed by atoms with van der Waals surface area (Å²) in [4.78, 5) is 35.0. The second-order valence-electron chi connectivity index (χ2n) is 12.5. The Bertz CT molecular complexity index is 2210. The zero-order chi connectivity index (χ0) is 37.9. The van der Waals surface area contributed by atoms with Gasteiger partial charge in [-0.25, -0.2) is 4.79 Å². The third-order valence-electron chi connectivity index (χ3n) is 8.42. The molecule has 0 fully saturated rings. The lowest BCUT2D eigenvalue weighted by molar-refractivity contribution is -0.117. The normalized spacial score (nSPS) is 10.6. The van der Waals surface area contributed by atoms with Gasteiger partial charge in [0.1, 0.15) is 30.5 Å². The monoisotopic (exact) mass is 835 g/mol. The number of carbonyl (C=O) groups excluding carboxylic acids is 2. The molecule has 0 saturated carbocycles. The van der Waals surface area contributed by atoms with Crippen LogP contribution in [0, 0.1) is 13.8 Å². The highest BCUT2D eigenvalue weighted by atomic mass is 79.9. The van der Waals surface area contributed by atoms with Crippen molar-refractivity contribution in [1.29, 1.82) is 0 Å². The molecule has 0 aliphatic carbocycles. The molecule has 1 N–H and O–H groups in total. The first-order valence-electron chi connectivity index (χ1n) is 17.0. The van der Waals surface area contributed by atoms with Crippen LogP contribution in [0.3, 0.4) is 0 Å². The Morgan fingerprint density at radius 3 is 1.83 bits per heavy atom. The smallest absolute Gasteiger partial charge is 0.336 e. The number of aromatic carboxylic acids is 1. The van der Waals surface area contributed by atoms with Gasteiger partial charge < -0.3 is 23.9 Å². The second kappa shape index (κ2) is 18.5. The van der Waals surface area contributed by atoms with E-state index in [1.165, 1.54) is 6.92 Å². The average molecular weight is 838 g/mol. The number of rotatable bonds is 13. The van der Waals surface area contributed by atoms with Gasteiger partial charge in [0, 0.05) is 38.7 Å². The van der Waals surface area contributed by atoms with Crippen LogP contribution in [0.1, 0.15) is 62.9 Å². The predicted octanol–water partition coefficient (Wildman–Crippen LogP) is 11.4. The van der Waals surface area contributed by atoms with E-state index < -0.39 is 5.97 Å². The molecule has 6 aromatic rings. The summed E-state index contributed by atoms with van der Waals surface area (Å²) in [5.41, 5.74) is 7.33. The molecule has 9 heteroatoms. The molecule has 0 unspecified atom stereocenters. The molecule has 0 spiro atoms. The SMILES string of the molecule is CC(=O)CCC(=O)c1cc(Br)ccc1OCc1ccccc1.Cc1ccc(-n2c(C)ccc2-c2cc(Br)ccc2OCc2ccccc2)cc1C(=O)O. The first kappa shape index (κ1) is 39.0. The van der Waals surface area contributed by atoms with Crippen LogP contribution in [0.5, 0.6) is 11.5 Å². The van der Waals surface area contributed by atoms with Gasteiger partial charge in [-0.1, -0.05) is 98.6 Å². The lowest BCUT2D eigenvalue weighted by Crippen LogP contribution is -2.06. The molecule has 1 aromatic heterocycles. The molecule has 5 aromatic carbocycles. The van der Waals surface area contributed by atoms with Gasteiger partial charge in [0.2, 0.25) is 0 Å². The van der Waals surface area contributed by atoms with Gasteiger partial charge in [0.25, 0.3) is 0 Å². The highest BCUT2D eigenvalue weighted by molar-refractivity contribution is 9.10. The Kier molecular flexibility index (Phi) is 13.6. The number of Topliss-reactive ketones (excluding diaryl/α,β-unsaturated/α-hetero) is 2.